The summed E-state index contributed by atoms with van der Waals surface area (Å²) in [7, 11) is 0. The van der Waals surface area contributed by atoms with Gasteiger partial charge in [-0.1, -0.05) is 53.2 Å². The summed E-state index contributed by atoms with van der Waals surface area (Å²) >= 11 is 0. The van der Waals surface area contributed by atoms with Crippen LogP contribution in [0.1, 0.15) is 99.3 Å². The van der Waals surface area contributed by atoms with E-state index in [2.05, 4.69) is 40.7 Å². The predicted octanol–water partition coefficient (Wildman–Crippen LogP) is 1.46. The van der Waals surface area contributed by atoms with E-state index in [0.29, 0.717) is 19.3 Å². The maximum Gasteiger partial charge on any atom is 0.312 e. The van der Waals surface area contributed by atoms with Crippen molar-refractivity contribution in [2.45, 2.75) is 167 Å². The summed E-state index contributed by atoms with van der Waals surface area (Å²) in [5.74, 6) is -0.945. The van der Waals surface area contributed by atoms with E-state index in [-0.39, 0.29) is 47.2 Å². The molecule has 0 radical (unpaired) electrons. The van der Waals surface area contributed by atoms with Gasteiger partial charge in [0.05, 0.1) is 32.0 Å². The topological polar surface area (TPSA) is 236 Å². The van der Waals surface area contributed by atoms with Gasteiger partial charge in [0.15, 0.2) is 12.6 Å². The number of carbonyl (C=O) groups is 1. The molecule has 314 valence electrons. The number of allylic oxidation sites excluding steroid dienone is 2. The van der Waals surface area contributed by atoms with E-state index in [1.807, 2.05) is 6.92 Å². The minimum absolute atomic E-state index is 0.00750. The molecule has 6 fully saturated rings. The van der Waals surface area contributed by atoms with E-state index < -0.39 is 96.3 Å². The van der Waals surface area contributed by atoms with Crippen molar-refractivity contribution in [2.24, 2.45) is 50.2 Å². The Balaban J connectivity index is 1.12. The lowest BCUT2D eigenvalue weighted by Crippen LogP contribution is -2.68. The number of carboxylic acid groups (broad SMARTS) is 1. The highest BCUT2D eigenvalue weighted by atomic mass is 16.7. The quantitative estimate of drug-likeness (QED) is 0.132. The molecule has 5 aliphatic carbocycles. The molecule has 55 heavy (non-hydrogen) atoms. The van der Waals surface area contributed by atoms with Gasteiger partial charge in [-0.2, -0.15) is 0 Å². The minimum atomic E-state index is -1.73. The van der Waals surface area contributed by atoms with Crippen LogP contribution in [0.25, 0.3) is 0 Å². The lowest BCUT2D eigenvalue weighted by molar-refractivity contribution is -0.358. The monoisotopic (exact) mass is 782 g/mol. The average Bonchev–Trinajstić information content (AvgIpc) is 3.12. The molecule has 9 N–H and O–H groups in total. The van der Waals surface area contributed by atoms with E-state index in [4.69, 9.17) is 18.9 Å². The molecule has 19 atom stereocenters. The highest BCUT2D eigenvalue weighted by Gasteiger charge is 2.72. The molecule has 0 aromatic carbocycles. The zero-order valence-corrected chi connectivity index (χ0v) is 33.2. The summed E-state index contributed by atoms with van der Waals surface area (Å²) < 4.78 is 23.6. The average molecular weight is 783 g/mol. The zero-order valence-electron chi connectivity index (χ0n) is 33.2. The molecular weight excluding hydrogens is 716 g/mol. The molecule has 0 bridgehead atoms. The lowest BCUT2D eigenvalue weighted by Gasteiger charge is -2.71. The molecule has 0 unspecified atom stereocenters. The van der Waals surface area contributed by atoms with Crippen molar-refractivity contribution in [3.8, 4) is 0 Å². The number of rotatable bonds is 7. The standard InChI is InChI=1S/C41H66O14/c1-36(2)13-14-41(35(50)51)21(15-36)20-7-8-25-37(3)11-10-27(38(4,19-43)24(37)9-12-39(25,5)40(20,6)16-26(41)45)54-33-31(49)32(22(44)18-52-33)55-34-30(48)29(47)28(46)23(17-42)53-34/h7,21-34,42-49H,8-19H2,1-6H3,(H,50,51)/t21-,22+,23+,24+,25-,26+,27+,28+,29-,30+,31+,32-,33-,34-,37+,38+,39-,40-,41+/m1/s1. The third kappa shape index (κ3) is 6.05. The number of fused-ring (bicyclic) bond motifs is 7. The Kier molecular flexibility index (Phi) is 10.8. The minimum Gasteiger partial charge on any atom is -0.481 e. The van der Waals surface area contributed by atoms with Crippen LogP contribution in [-0.4, -0.2) is 139 Å². The predicted molar refractivity (Wildman–Crippen MR) is 195 cm³/mol. The Hall–Kier alpha value is -1.27. The number of hydrogen-bond donors (Lipinski definition) is 9. The third-order valence-electron chi connectivity index (χ3n) is 17.0. The Morgan fingerprint density at radius 1 is 0.818 bits per heavy atom. The molecular formula is C41H66O14. The van der Waals surface area contributed by atoms with Gasteiger partial charge in [0.2, 0.25) is 0 Å². The Bertz CT molecular complexity index is 1490. The van der Waals surface area contributed by atoms with Gasteiger partial charge in [0.1, 0.15) is 48.1 Å². The first-order valence-electron chi connectivity index (χ1n) is 20.5. The number of carboxylic acids is 1. The van der Waals surface area contributed by atoms with Crippen LogP contribution in [0.4, 0.5) is 0 Å². The molecule has 0 aromatic heterocycles. The van der Waals surface area contributed by atoms with Crippen LogP contribution in [0.3, 0.4) is 0 Å². The van der Waals surface area contributed by atoms with Gasteiger partial charge in [-0.25, -0.2) is 0 Å². The molecule has 2 aliphatic heterocycles. The largest absolute Gasteiger partial charge is 0.481 e. The molecule has 7 rings (SSSR count). The molecule has 0 spiro atoms. The summed E-state index contributed by atoms with van der Waals surface area (Å²) in [6.45, 7) is 12.2. The Labute approximate surface area is 323 Å². The van der Waals surface area contributed by atoms with Gasteiger partial charge in [0.25, 0.3) is 0 Å². The third-order valence-corrected chi connectivity index (χ3v) is 17.0. The molecule has 0 aromatic rings. The summed E-state index contributed by atoms with van der Waals surface area (Å²) in [5.41, 5.74) is -1.68. The van der Waals surface area contributed by atoms with Gasteiger partial charge >= 0.3 is 5.97 Å². The van der Waals surface area contributed by atoms with Crippen LogP contribution in [0.5, 0.6) is 0 Å². The zero-order chi connectivity index (χ0) is 40.3. The van der Waals surface area contributed by atoms with Crippen LogP contribution in [-0.2, 0) is 23.7 Å². The van der Waals surface area contributed by atoms with E-state index >= 15 is 0 Å². The maximum atomic E-state index is 13.1. The lowest BCUT2D eigenvalue weighted by atomic mass is 9.33. The summed E-state index contributed by atoms with van der Waals surface area (Å²) in [5, 5.41) is 96.8. The Morgan fingerprint density at radius 2 is 1.53 bits per heavy atom. The van der Waals surface area contributed by atoms with Crippen molar-refractivity contribution in [3.05, 3.63) is 11.6 Å². The smallest absolute Gasteiger partial charge is 0.312 e. The summed E-state index contributed by atoms with van der Waals surface area (Å²) in [6.07, 6.45) is -6.60. The van der Waals surface area contributed by atoms with Crippen LogP contribution < -0.4 is 0 Å². The fraction of sp³-hybridized carbons (Fsp3) is 0.927. The van der Waals surface area contributed by atoms with Crippen LogP contribution in [0, 0.1) is 50.2 Å². The normalized spacial score (nSPS) is 54.9. The fourth-order valence-corrected chi connectivity index (χ4v) is 13.5. The van der Waals surface area contributed by atoms with Gasteiger partial charge in [-0.15, -0.1) is 0 Å². The van der Waals surface area contributed by atoms with Crippen LogP contribution in [0.2, 0.25) is 0 Å². The molecule has 7 aliphatic rings. The Morgan fingerprint density at radius 3 is 2.18 bits per heavy atom. The second kappa shape index (κ2) is 14.2. The number of hydrogen-bond acceptors (Lipinski definition) is 13. The van der Waals surface area contributed by atoms with Gasteiger partial charge in [0, 0.05) is 5.41 Å². The van der Waals surface area contributed by atoms with E-state index in [1.54, 1.807) is 0 Å². The van der Waals surface area contributed by atoms with Crippen LogP contribution in [0.15, 0.2) is 11.6 Å². The second-order valence-corrected chi connectivity index (χ2v) is 20.2. The number of aliphatic hydroxyl groups is 8. The number of aliphatic hydroxyl groups excluding tert-OH is 8. The summed E-state index contributed by atoms with van der Waals surface area (Å²) in [4.78, 5) is 13.1. The van der Waals surface area contributed by atoms with Crippen molar-refractivity contribution in [3.63, 3.8) is 0 Å². The van der Waals surface area contributed by atoms with Crippen molar-refractivity contribution in [1.29, 1.82) is 0 Å². The van der Waals surface area contributed by atoms with Crippen molar-refractivity contribution < 1.29 is 69.7 Å². The highest BCUT2D eigenvalue weighted by molar-refractivity contribution is 5.77. The first-order chi connectivity index (χ1) is 25.6. The van der Waals surface area contributed by atoms with Gasteiger partial charge in [-0.05, 0) is 97.2 Å². The highest BCUT2D eigenvalue weighted by Crippen LogP contribution is 2.76. The molecule has 0 amide bonds. The van der Waals surface area contributed by atoms with Crippen molar-refractivity contribution >= 4 is 5.97 Å². The molecule has 2 saturated heterocycles. The van der Waals surface area contributed by atoms with E-state index in [9.17, 15) is 50.8 Å². The van der Waals surface area contributed by atoms with Gasteiger partial charge in [-0.3, -0.25) is 4.79 Å². The van der Waals surface area contributed by atoms with Crippen molar-refractivity contribution in [1.82, 2.24) is 0 Å². The summed E-state index contributed by atoms with van der Waals surface area (Å²) in [6, 6.07) is 0. The number of ether oxygens (including phenoxy) is 4. The van der Waals surface area contributed by atoms with E-state index in [1.165, 1.54) is 5.57 Å². The first-order valence-corrected chi connectivity index (χ1v) is 20.5. The SMILES string of the molecule is CC1(C)CC[C@]2(C(=O)O)[C@H](C1)C1=CC[C@@H]3[C@@]4(C)CC[C@H](O[C@H]5OC[C@H](O)[C@@H](O[C@H]6O[C@@H](CO)[C@H](O)[C@@H](O)[C@@H]6O)[C@@H]5O)[C@@](C)(CO)[C@H]4CC[C@@]3(C)[C@]1(C)C[C@@H]2O. The maximum absolute atomic E-state index is 13.1. The number of aliphatic carboxylic acids is 1. The molecule has 4 saturated carbocycles. The van der Waals surface area contributed by atoms with Crippen molar-refractivity contribution in [2.75, 3.05) is 19.8 Å². The van der Waals surface area contributed by atoms with E-state index in [0.717, 1.165) is 38.5 Å². The first kappa shape index (κ1) is 41.9. The fourth-order valence-electron chi connectivity index (χ4n) is 13.5. The molecule has 14 heteroatoms. The van der Waals surface area contributed by atoms with Gasteiger partial charge < -0.3 is 64.9 Å². The second-order valence-electron chi connectivity index (χ2n) is 20.2. The molecule has 2 heterocycles. The van der Waals surface area contributed by atoms with Crippen LogP contribution >= 0.6 is 0 Å². The molecule has 14 nitrogen and oxygen atoms in total.